The first-order valence-electron chi connectivity index (χ1n) is 11.2. The SMILES string of the molecule is C[C@@H](C(=O)Nc1ccnc(-c2cnc(N3CC(CF)C3)nc2)n1)n1cnc2c1c(=O)n(C)c(=O)n2C. The number of halogens is 1. The van der Waals surface area contributed by atoms with Crippen LogP contribution in [0.1, 0.15) is 13.0 Å². The molecule has 36 heavy (non-hydrogen) atoms. The molecule has 1 N–H and O–H groups in total. The van der Waals surface area contributed by atoms with E-state index in [4.69, 9.17) is 0 Å². The van der Waals surface area contributed by atoms with E-state index >= 15 is 0 Å². The maximum Gasteiger partial charge on any atom is 0.332 e. The number of aryl methyl sites for hydroxylation is 1. The lowest BCUT2D eigenvalue weighted by Gasteiger charge is -2.37. The summed E-state index contributed by atoms with van der Waals surface area (Å²) >= 11 is 0. The number of anilines is 2. The molecule has 0 radical (unpaired) electrons. The van der Waals surface area contributed by atoms with Crippen molar-refractivity contribution < 1.29 is 9.18 Å². The van der Waals surface area contributed by atoms with Gasteiger partial charge in [0.15, 0.2) is 17.0 Å². The maximum atomic E-state index is 13.0. The van der Waals surface area contributed by atoms with Gasteiger partial charge in [-0.05, 0) is 13.0 Å². The van der Waals surface area contributed by atoms with Crippen LogP contribution in [0.15, 0.2) is 40.6 Å². The first-order valence-corrected chi connectivity index (χ1v) is 11.2. The molecule has 14 heteroatoms. The van der Waals surface area contributed by atoms with Gasteiger partial charge in [-0.3, -0.25) is 23.1 Å². The normalized spacial score (nSPS) is 14.6. The van der Waals surface area contributed by atoms with Gasteiger partial charge in [-0.15, -0.1) is 0 Å². The number of rotatable bonds is 6. The monoisotopic (exact) mass is 494 g/mol. The number of hydrogen-bond acceptors (Lipinski definition) is 9. The summed E-state index contributed by atoms with van der Waals surface area (Å²) in [6.07, 6.45) is 6.00. The molecule has 0 spiro atoms. The minimum absolute atomic E-state index is 0.0227. The topological polar surface area (TPSA) is 146 Å². The zero-order valence-electron chi connectivity index (χ0n) is 19.8. The van der Waals surface area contributed by atoms with E-state index in [-0.39, 0.29) is 29.6 Å². The van der Waals surface area contributed by atoms with Crippen molar-refractivity contribution in [3.63, 3.8) is 0 Å². The quantitative estimate of drug-likeness (QED) is 0.399. The third-order valence-electron chi connectivity index (χ3n) is 6.23. The average molecular weight is 494 g/mol. The first kappa shape index (κ1) is 23.3. The molecule has 1 aliphatic heterocycles. The molecule has 5 rings (SSSR count). The number of carbonyl (C=O) groups is 1. The van der Waals surface area contributed by atoms with Crippen molar-refractivity contribution in [2.24, 2.45) is 20.0 Å². The highest BCUT2D eigenvalue weighted by molar-refractivity contribution is 5.93. The fourth-order valence-electron chi connectivity index (χ4n) is 4.01. The van der Waals surface area contributed by atoms with Crippen molar-refractivity contribution >= 4 is 28.8 Å². The molecule has 1 saturated heterocycles. The van der Waals surface area contributed by atoms with Gasteiger partial charge in [-0.1, -0.05) is 0 Å². The van der Waals surface area contributed by atoms with E-state index in [9.17, 15) is 18.8 Å². The van der Waals surface area contributed by atoms with Crippen LogP contribution >= 0.6 is 0 Å². The molecule has 1 amide bonds. The number of fused-ring (bicyclic) bond motifs is 1. The molecular formula is C22H23FN10O3. The highest BCUT2D eigenvalue weighted by Crippen LogP contribution is 2.23. The van der Waals surface area contributed by atoms with Gasteiger partial charge in [-0.25, -0.2) is 29.7 Å². The van der Waals surface area contributed by atoms with Crippen LogP contribution in [0, 0.1) is 5.92 Å². The third-order valence-corrected chi connectivity index (χ3v) is 6.23. The molecule has 1 fully saturated rings. The van der Waals surface area contributed by atoms with Crippen molar-refractivity contribution in [2.75, 3.05) is 30.0 Å². The lowest BCUT2D eigenvalue weighted by Crippen LogP contribution is -2.48. The van der Waals surface area contributed by atoms with Crippen LogP contribution in [-0.2, 0) is 18.9 Å². The molecule has 0 unspecified atom stereocenters. The van der Waals surface area contributed by atoms with Gasteiger partial charge in [0.1, 0.15) is 11.9 Å². The van der Waals surface area contributed by atoms with Gasteiger partial charge < -0.3 is 14.8 Å². The van der Waals surface area contributed by atoms with E-state index < -0.39 is 23.2 Å². The van der Waals surface area contributed by atoms with Crippen LogP contribution in [-0.4, -0.2) is 64.3 Å². The van der Waals surface area contributed by atoms with Crippen molar-refractivity contribution in [2.45, 2.75) is 13.0 Å². The molecule has 0 bridgehead atoms. The highest BCUT2D eigenvalue weighted by Gasteiger charge is 2.28. The van der Waals surface area contributed by atoms with E-state index in [0.29, 0.717) is 30.4 Å². The Morgan fingerprint density at radius 2 is 1.86 bits per heavy atom. The highest BCUT2D eigenvalue weighted by atomic mass is 19.1. The molecule has 4 aromatic heterocycles. The Hall–Kier alpha value is -4.49. The second kappa shape index (κ2) is 8.94. The minimum atomic E-state index is -0.828. The molecule has 1 atom stereocenters. The van der Waals surface area contributed by atoms with Gasteiger partial charge in [-0.2, -0.15) is 0 Å². The van der Waals surface area contributed by atoms with Gasteiger partial charge in [0.25, 0.3) is 5.56 Å². The number of amides is 1. The van der Waals surface area contributed by atoms with Crippen molar-refractivity contribution in [3.05, 3.63) is 51.8 Å². The maximum absolute atomic E-state index is 13.0. The molecule has 13 nitrogen and oxygen atoms in total. The summed E-state index contributed by atoms with van der Waals surface area (Å²) in [7, 11) is 2.88. The second-order valence-electron chi connectivity index (χ2n) is 8.66. The Labute approximate surface area is 203 Å². The van der Waals surface area contributed by atoms with Gasteiger partial charge >= 0.3 is 5.69 Å². The Balaban J connectivity index is 1.35. The summed E-state index contributed by atoms with van der Waals surface area (Å²) in [5.74, 6) is 0.655. The van der Waals surface area contributed by atoms with E-state index in [1.807, 2.05) is 4.90 Å². The van der Waals surface area contributed by atoms with Crippen molar-refractivity contribution in [1.82, 2.24) is 38.6 Å². The summed E-state index contributed by atoms with van der Waals surface area (Å²) in [6.45, 7) is 2.42. The van der Waals surface area contributed by atoms with Gasteiger partial charge in [0, 0.05) is 51.7 Å². The predicted molar refractivity (Wildman–Crippen MR) is 128 cm³/mol. The lowest BCUT2D eigenvalue weighted by atomic mass is 10.0. The summed E-state index contributed by atoms with van der Waals surface area (Å²) in [5.41, 5.74) is -0.169. The first-order chi connectivity index (χ1) is 17.3. The molecule has 1 aliphatic rings. The van der Waals surface area contributed by atoms with Crippen LogP contribution in [0.5, 0.6) is 0 Å². The Morgan fingerprint density at radius 3 is 2.56 bits per heavy atom. The largest absolute Gasteiger partial charge is 0.340 e. The molecule has 0 aromatic carbocycles. The number of aromatic nitrogens is 8. The van der Waals surface area contributed by atoms with Crippen LogP contribution in [0.2, 0.25) is 0 Å². The average Bonchev–Trinajstić information content (AvgIpc) is 3.31. The summed E-state index contributed by atoms with van der Waals surface area (Å²) in [5, 5.41) is 2.72. The van der Waals surface area contributed by atoms with Crippen molar-refractivity contribution in [1.29, 1.82) is 0 Å². The Bertz CT molecular complexity index is 1570. The Morgan fingerprint density at radius 1 is 1.14 bits per heavy atom. The zero-order valence-corrected chi connectivity index (χ0v) is 19.8. The third kappa shape index (κ3) is 3.89. The number of nitrogens with zero attached hydrogens (tertiary/aromatic N) is 9. The smallest absolute Gasteiger partial charge is 0.332 e. The Kier molecular flexibility index (Phi) is 5.78. The molecule has 4 aromatic rings. The zero-order chi connectivity index (χ0) is 25.6. The molecule has 5 heterocycles. The van der Waals surface area contributed by atoms with Crippen molar-refractivity contribution in [3.8, 4) is 11.4 Å². The van der Waals surface area contributed by atoms with E-state index in [0.717, 1.165) is 4.57 Å². The fourth-order valence-corrected chi connectivity index (χ4v) is 4.01. The van der Waals surface area contributed by atoms with Crippen LogP contribution in [0.3, 0.4) is 0 Å². The molecular weight excluding hydrogens is 471 g/mol. The van der Waals surface area contributed by atoms with Gasteiger partial charge in [0.2, 0.25) is 11.9 Å². The molecule has 186 valence electrons. The second-order valence-corrected chi connectivity index (χ2v) is 8.66. The molecule has 0 saturated carbocycles. The van der Waals surface area contributed by atoms with Crippen LogP contribution in [0.4, 0.5) is 16.2 Å². The summed E-state index contributed by atoms with van der Waals surface area (Å²) < 4.78 is 16.3. The number of carbonyl (C=O) groups excluding carboxylic acids is 1. The lowest BCUT2D eigenvalue weighted by molar-refractivity contribution is -0.118. The van der Waals surface area contributed by atoms with E-state index in [1.165, 1.54) is 41.8 Å². The fraction of sp³-hybridized carbons (Fsp3) is 0.364. The summed E-state index contributed by atoms with van der Waals surface area (Å²) in [6, 6.07) is 0.709. The predicted octanol–water partition coefficient (Wildman–Crippen LogP) is 0.286. The number of hydrogen-bond donors (Lipinski definition) is 1. The van der Waals surface area contributed by atoms with Crippen LogP contribution < -0.4 is 21.5 Å². The number of alkyl halides is 1. The minimum Gasteiger partial charge on any atom is -0.340 e. The summed E-state index contributed by atoms with van der Waals surface area (Å²) in [4.78, 5) is 61.1. The van der Waals surface area contributed by atoms with Crippen LogP contribution in [0.25, 0.3) is 22.6 Å². The van der Waals surface area contributed by atoms with E-state index in [1.54, 1.807) is 19.3 Å². The van der Waals surface area contributed by atoms with E-state index in [2.05, 4.69) is 30.2 Å². The number of imidazole rings is 1. The standard InChI is InChI=1S/C22H23FN10O3/c1-12(33-11-27-18-16(33)20(35)31(3)22(36)30(18)2)19(34)29-15-4-5-24-17(28-15)14-7-25-21(26-8-14)32-9-13(6-23)10-32/h4-5,7-8,11-13H,6,9-10H2,1-3H3,(H,24,28,29,34)/t12-/m0/s1. The number of nitrogens with one attached hydrogen (secondary N) is 1. The molecule has 0 aliphatic carbocycles. The van der Waals surface area contributed by atoms with Gasteiger partial charge in [0.05, 0.1) is 18.6 Å².